The standard InChI is InChI=1S/C18H32N4S.C6H8O7/c1-5-10-23-18-19-11-17(12-20-18)14-21(4)13-16-6-8-22(9-7-16)15(2)3;7-3(8)1-6(13,5(11)12)2-4(9)10/h11-12,15-16H,5-10,13-14H2,1-4H3;13H,1-2H2,(H,7,8)(H,9,10)(H,11,12). The third kappa shape index (κ3) is 12.1. The minimum Gasteiger partial charge on any atom is -0.481 e. The summed E-state index contributed by atoms with van der Waals surface area (Å²) in [5.74, 6) is -3.10. The second-order valence-electron chi connectivity index (χ2n) is 9.47. The molecule has 1 fully saturated rings. The van der Waals surface area contributed by atoms with Crippen LogP contribution in [0.5, 0.6) is 0 Å². The van der Waals surface area contributed by atoms with Crippen LogP contribution in [0.15, 0.2) is 17.6 Å². The monoisotopic (exact) mass is 528 g/mol. The van der Waals surface area contributed by atoms with Crippen LogP contribution in [-0.4, -0.2) is 102 Å². The number of nitrogens with zero attached hydrogens (tertiary/aromatic N) is 4. The van der Waals surface area contributed by atoms with Gasteiger partial charge < -0.3 is 30.2 Å². The topological polar surface area (TPSA) is 164 Å². The number of carbonyl (C=O) groups is 3. The second kappa shape index (κ2) is 15.7. The van der Waals surface area contributed by atoms with Gasteiger partial charge in [-0.15, -0.1) is 0 Å². The molecule has 0 radical (unpaired) electrons. The van der Waals surface area contributed by atoms with Gasteiger partial charge >= 0.3 is 17.9 Å². The predicted molar refractivity (Wildman–Crippen MR) is 136 cm³/mol. The molecule has 1 aliphatic rings. The summed E-state index contributed by atoms with van der Waals surface area (Å²) < 4.78 is 0. The third-order valence-corrected chi connectivity index (χ3v) is 6.89. The molecule has 1 aromatic rings. The molecule has 11 nitrogen and oxygen atoms in total. The van der Waals surface area contributed by atoms with Crippen LogP contribution in [0.2, 0.25) is 0 Å². The molecule has 1 saturated heterocycles. The summed E-state index contributed by atoms with van der Waals surface area (Å²) >= 11 is 1.74. The van der Waals surface area contributed by atoms with E-state index in [0.717, 1.165) is 29.8 Å². The Labute approximate surface area is 216 Å². The highest BCUT2D eigenvalue weighted by Gasteiger charge is 2.40. The van der Waals surface area contributed by atoms with Gasteiger partial charge in [0, 0.05) is 42.8 Å². The van der Waals surface area contributed by atoms with Gasteiger partial charge in [-0.25, -0.2) is 14.8 Å². The Morgan fingerprint density at radius 2 is 1.64 bits per heavy atom. The average molecular weight is 529 g/mol. The number of hydrogen-bond acceptors (Lipinski definition) is 9. The number of likely N-dealkylation sites (tertiary alicyclic amines) is 1. The van der Waals surface area contributed by atoms with Crippen LogP contribution in [-0.2, 0) is 20.9 Å². The van der Waals surface area contributed by atoms with Crippen LogP contribution in [0.3, 0.4) is 0 Å². The SMILES string of the molecule is CCCSc1ncc(CN(C)CC2CCN(C(C)C)CC2)cn1.O=C(O)CC(O)(CC(=O)O)C(=O)O. The molecule has 36 heavy (non-hydrogen) atoms. The molecule has 0 amide bonds. The maximum Gasteiger partial charge on any atom is 0.336 e. The smallest absolute Gasteiger partial charge is 0.336 e. The van der Waals surface area contributed by atoms with Crippen LogP contribution < -0.4 is 0 Å². The summed E-state index contributed by atoms with van der Waals surface area (Å²) in [5, 5.41) is 34.7. The Morgan fingerprint density at radius 3 is 2.06 bits per heavy atom. The molecule has 0 bridgehead atoms. The zero-order valence-corrected chi connectivity index (χ0v) is 22.4. The normalized spacial score (nSPS) is 15.0. The first kappa shape index (κ1) is 31.7. The van der Waals surface area contributed by atoms with Gasteiger partial charge in [0.2, 0.25) is 0 Å². The number of aliphatic carboxylic acids is 3. The summed E-state index contributed by atoms with van der Waals surface area (Å²) in [7, 11) is 2.22. The summed E-state index contributed by atoms with van der Waals surface area (Å²) in [4.78, 5) is 44.4. The fourth-order valence-electron chi connectivity index (χ4n) is 3.88. The van der Waals surface area contributed by atoms with Crippen molar-refractivity contribution in [3.8, 4) is 0 Å². The number of aromatic nitrogens is 2. The number of rotatable bonds is 13. The molecule has 1 aliphatic heterocycles. The number of aliphatic hydroxyl groups is 1. The van der Waals surface area contributed by atoms with E-state index in [0.29, 0.717) is 6.04 Å². The first-order chi connectivity index (χ1) is 16.9. The van der Waals surface area contributed by atoms with E-state index in [1.807, 2.05) is 12.4 Å². The number of piperidine rings is 1. The first-order valence-corrected chi connectivity index (χ1v) is 13.1. The largest absolute Gasteiger partial charge is 0.481 e. The highest BCUT2D eigenvalue weighted by Crippen LogP contribution is 2.20. The third-order valence-electron chi connectivity index (χ3n) is 5.80. The zero-order valence-electron chi connectivity index (χ0n) is 21.6. The summed E-state index contributed by atoms with van der Waals surface area (Å²) in [5.41, 5.74) is -1.52. The number of carboxylic acid groups (broad SMARTS) is 3. The lowest BCUT2D eigenvalue weighted by Gasteiger charge is -2.36. The maximum absolute atomic E-state index is 10.3. The van der Waals surface area contributed by atoms with Crippen LogP contribution >= 0.6 is 11.8 Å². The van der Waals surface area contributed by atoms with Crippen molar-refractivity contribution in [2.45, 2.75) is 76.2 Å². The lowest BCUT2D eigenvalue weighted by Crippen LogP contribution is -2.42. The Morgan fingerprint density at radius 1 is 1.11 bits per heavy atom. The Kier molecular flexibility index (Phi) is 13.9. The molecule has 2 heterocycles. The van der Waals surface area contributed by atoms with Crippen LogP contribution in [0, 0.1) is 5.92 Å². The van der Waals surface area contributed by atoms with E-state index in [2.05, 4.69) is 47.6 Å². The Bertz CT molecular complexity index is 814. The van der Waals surface area contributed by atoms with Crippen molar-refractivity contribution < 1.29 is 34.8 Å². The Hall–Kier alpha value is -2.28. The van der Waals surface area contributed by atoms with Crippen LogP contribution in [0.25, 0.3) is 0 Å². The predicted octanol–water partition coefficient (Wildman–Crippen LogP) is 2.28. The zero-order chi connectivity index (χ0) is 27.3. The van der Waals surface area contributed by atoms with E-state index in [9.17, 15) is 14.4 Å². The molecule has 1 aromatic heterocycles. The van der Waals surface area contributed by atoms with Crippen molar-refractivity contribution in [1.82, 2.24) is 19.8 Å². The van der Waals surface area contributed by atoms with Gasteiger partial charge in [0.15, 0.2) is 10.8 Å². The van der Waals surface area contributed by atoms with Crippen LogP contribution in [0.1, 0.15) is 58.4 Å². The van der Waals surface area contributed by atoms with Gasteiger partial charge in [-0.3, -0.25) is 9.59 Å². The molecular weight excluding hydrogens is 488 g/mol. The number of hydrogen-bond donors (Lipinski definition) is 4. The molecule has 0 spiro atoms. The highest BCUT2D eigenvalue weighted by molar-refractivity contribution is 7.99. The van der Waals surface area contributed by atoms with Crippen molar-refractivity contribution >= 4 is 29.7 Å². The maximum atomic E-state index is 10.3. The van der Waals surface area contributed by atoms with Gasteiger partial charge in [0.05, 0.1) is 12.8 Å². The van der Waals surface area contributed by atoms with E-state index in [1.54, 1.807) is 11.8 Å². The lowest BCUT2D eigenvalue weighted by atomic mass is 9.95. The van der Waals surface area contributed by atoms with Gasteiger partial charge in [0.25, 0.3) is 0 Å². The van der Waals surface area contributed by atoms with E-state index < -0.39 is 36.4 Å². The van der Waals surface area contributed by atoms with Crippen molar-refractivity contribution in [2.24, 2.45) is 5.92 Å². The molecule has 12 heteroatoms. The molecular formula is C24H40N4O7S. The van der Waals surface area contributed by atoms with Crippen molar-refractivity contribution in [3.63, 3.8) is 0 Å². The first-order valence-electron chi connectivity index (χ1n) is 12.1. The van der Waals surface area contributed by atoms with Crippen LogP contribution in [0.4, 0.5) is 0 Å². The molecule has 0 aromatic carbocycles. The molecule has 0 unspecified atom stereocenters. The molecule has 4 N–H and O–H groups in total. The fourth-order valence-corrected chi connectivity index (χ4v) is 4.52. The van der Waals surface area contributed by atoms with Crippen molar-refractivity contribution in [1.29, 1.82) is 0 Å². The van der Waals surface area contributed by atoms with E-state index in [4.69, 9.17) is 20.4 Å². The van der Waals surface area contributed by atoms with Crippen molar-refractivity contribution in [2.75, 3.05) is 32.4 Å². The molecule has 204 valence electrons. The van der Waals surface area contributed by atoms with E-state index in [-0.39, 0.29) is 0 Å². The minimum absolute atomic E-state index is 0.690. The molecule has 0 aliphatic carbocycles. The van der Waals surface area contributed by atoms with Gasteiger partial charge in [-0.1, -0.05) is 18.7 Å². The lowest BCUT2D eigenvalue weighted by molar-refractivity contribution is -0.170. The quantitative estimate of drug-likeness (QED) is 0.218. The van der Waals surface area contributed by atoms with Gasteiger partial charge in [0.1, 0.15) is 0 Å². The summed E-state index contributed by atoms with van der Waals surface area (Å²) in [6, 6.07) is 0.690. The summed E-state index contributed by atoms with van der Waals surface area (Å²) in [6.07, 6.45) is 5.50. The number of thioether (sulfide) groups is 1. The average Bonchev–Trinajstić information content (AvgIpc) is 2.78. The van der Waals surface area contributed by atoms with Gasteiger partial charge in [-0.05, 0) is 59.2 Å². The van der Waals surface area contributed by atoms with E-state index >= 15 is 0 Å². The fraction of sp³-hybridized carbons (Fsp3) is 0.708. The Balaban J connectivity index is 0.000000426. The second-order valence-corrected chi connectivity index (χ2v) is 10.5. The van der Waals surface area contributed by atoms with E-state index in [1.165, 1.54) is 38.0 Å². The molecule has 2 rings (SSSR count). The number of carboxylic acids is 3. The summed E-state index contributed by atoms with van der Waals surface area (Å²) in [6.45, 7) is 11.4. The van der Waals surface area contributed by atoms with Gasteiger partial charge in [-0.2, -0.15) is 0 Å². The molecule has 0 saturated carbocycles. The van der Waals surface area contributed by atoms with Crippen molar-refractivity contribution in [3.05, 3.63) is 18.0 Å². The highest BCUT2D eigenvalue weighted by atomic mass is 32.2. The minimum atomic E-state index is -2.74. The molecule has 0 atom stereocenters.